The molecule has 53 heavy (non-hydrogen) atoms. The SMILES string of the molecule is CNC(=O)C1CC(C2CCCC(CN3O[C@@H](CO)[C@H]([C@@H](C)NCCC4CCCCC4)[C@H]3C(=O)N[C@H]3C[C@H]4C[C@@H]([C@@H]3C)C4(C)C)C2OC)CC(N(C)C)C1. The van der Waals surface area contributed by atoms with Gasteiger partial charge >= 0.3 is 0 Å². The van der Waals surface area contributed by atoms with Gasteiger partial charge in [0, 0.05) is 56.6 Å². The minimum Gasteiger partial charge on any atom is -0.394 e. The van der Waals surface area contributed by atoms with Crippen LogP contribution in [0.2, 0.25) is 0 Å². The van der Waals surface area contributed by atoms with Gasteiger partial charge in [-0.15, -0.1) is 0 Å². The van der Waals surface area contributed by atoms with Gasteiger partial charge in [0.05, 0.1) is 12.7 Å². The number of carbonyl (C=O) groups is 2. The number of fused-ring (bicyclic) bond motifs is 2. The fourth-order valence-corrected chi connectivity index (χ4v) is 12.8. The second kappa shape index (κ2) is 17.9. The van der Waals surface area contributed by atoms with Gasteiger partial charge in [-0.2, -0.15) is 5.06 Å². The van der Waals surface area contributed by atoms with E-state index >= 15 is 0 Å². The molecular formula is C43H77N5O5. The van der Waals surface area contributed by atoms with Crippen molar-refractivity contribution in [3.05, 3.63) is 0 Å². The maximum Gasteiger partial charge on any atom is 0.240 e. The third kappa shape index (κ3) is 8.83. The van der Waals surface area contributed by atoms with Crippen molar-refractivity contribution in [1.29, 1.82) is 0 Å². The number of rotatable bonds is 14. The second-order valence-electron chi connectivity index (χ2n) is 19.5. The zero-order valence-electron chi connectivity index (χ0n) is 34.7. The lowest BCUT2D eigenvalue weighted by Crippen LogP contribution is -2.63. The lowest BCUT2D eigenvalue weighted by atomic mass is 9.45. The van der Waals surface area contributed by atoms with Crippen molar-refractivity contribution >= 4 is 11.8 Å². The predicted molar refractivity (Wildman–Crippen MR) is 210 cm³/mol. The second-order valence-corrected chi connectivity index (χ2v) is 19.5. The Morgan fingerprint density at radius 3 is 2.40 bits per heavy atom. The zero-order valence-corrected chi connectivity index (χ0v) is 34.7. The number of aliphatic hydroxyl groups excluding tert-OH is 1. The van der Waals surface area contributed by atoms with Gasteiger partial charge in [0.15, 0.2) is 0 Å². The number of carbonyl (C=O) groups excluding carboxylic acids is 2. The summed E-state index contributed by atoms with van der Waals surface area (Å²) in [5.41, 5.74) is 0.350. The van der Waals surface area contributed by atoms with E-state index in [9.17, 15) is 14.7 Å². The van der Waals surface area contributed by atoms with Crippen molar-refractivity contribution in [3.8, 4) is 0 Å². The van der Waals surface area contributed by atoms with Crippen LogP contribution in [0.5, 0.6) is 0 Å². The molecule has 7 fully saturated rings. The van der Waals surface area contributed by atoms with Crippen molar-refractivity contribution in [3.63, 3.8) is 0 Å². The summed E-state index contributed by atoms with van der Waals surface area (Å²) in [5, 5.41) is 23.1. The van der Waals surface area contributed by atoms with E-state index in [1.165, 1.54) is 38.5 Å². The van der Waals surface area contributed by atoms with Crippen LogP contribution in [0.3, 0.4) is 0 Å². The summed E-state index contributed by atoms with van der Waals surface area (Å²) >= 11 is 0. The van der Waals surface area contributed by atoms with E-state index in [0.717, 1.165) is 63.8 Å². The first-order valence-electron chi connectivity index (χ1n) is 21.9. The number of hydrogen-bond acceptors (Lipinski definition) is 8. The number of hydrogen-bond donors (Lipinski definition) is 4. The minimum absolute atomic E-state index is 0.0102. The molecule has 2 bridgehead atoms. The van der Waals surface area contributed by atoms with Crippen LogP contribution >= 0.6 is 0 Å². The third-order valence-electron chi connectivity index (χ3n) is 16.2. The Balaban J connectivity index is 1.20. The molecule has 1 aliphatic heterocycles. The standard InChI is InChI=1S/C43H77N5O5/c1-26-35-22-32(43(35,3)4)23-36(26)46-42(51)39-38(27(2)45-18-17-28-13-10-9-11-14-28)37(25-49)53-48(39)24-29-15-12-16-34(40(29)52-8)30-19-31(41(50)44-5)21-33(20-30)47(6)7/h26-40,45,49H,9-25H2,1-8H3,(H,44,50)(H,46,51)/t26-,27+,29?,30?,31?,32+,33?,34?,35-,36-,37-,38-,39-,40?/m0/s1. The summed E-state index contributed by atoms with van der Waals surface area (Å²) in [6.07, 6.45) is 15.8. The van der Waals surface area contributed by atoms with Crippen molar-refractivity contribution in [1.82, 2.24) is 25.9 Å². The number of amides is 2. The van der Waals surface area contributed by atoms with Crippen molar-refractivity contribution < 1.29 is 24.3 Å². The van der Waals surface area contributed by atoms with E-state index in [0.29, 0.717) is 47.6 Å². The van der Waals surface area contributed by atoms with Crippen molar-refractivity contribution in [2.75, 3.05) is 47.9 Å². The maximum atomic E-state index is 14.8. The Labute approximate surface area is 321 Å². The number of nitrogens with zero attached hydrogens (tertiary/aromatic N) is 2. The van der Waals surface area contributed by atoms with Crippen molar-refractivity contribution in [2.45, 2.75) is 154 Å². The monoisotopic (exact) mass is 744 g/mol. The van der Waals surface area contributed by atoms with E-state index in [1.807, 2.05) is 12.2 Å². The normalized spacial score (nSPS) is 41.1. The molecule has 10 nitrogen and oxygen atoms in total. The van der Waals surface area contributed by atoms with Gasteiger partial charge in [-0.3, -0.25) is 14.4 Å². The molecular weight excluding hydrogens is 667 g/mol. The average Bonchev–Trinajstić information content (AvgIpc) is 3.53. The first-order chi connectivity index (χ1) is 25.4. The lowest BCUT2D eigenvalue weighted by Gasteiger charge is -2.62. The largest absolute Gasteiger partial charge is 0.394 e. The smallest absolute Gasteiger partial charge is 0.240 e. The Morgan fingerprint density at radius 2 is 1.75 bits per heavy atom. The molecule has 6 unspecified atom stereocenters. The van der Waals surface area contributed by atoms with Gasteiger partial charge in [0.1, 0.15) is 12.1 Å². The fraction of sp³-hybridized carbons (Fsp3) is 0.953. The molecule has 0 radical (unpaired) electrons. The number of ether oxygens (including phenoxy) is 1. The highest BCUT2D eigenvalue weighted by molar-refractivity contribution is 5.83. The molecule has 0 aromatic carbocycles. The predicted octanol–water partition coefficient (Wildman–Crippen LogP) is 5.24. The molecule has 1 heterocycles. The molecule has 7 rings (SSSR count). The summed E-state index contributed by atoms with van der Waals surface area (Å²) < 4.78 is 6.44. The van der Waals surface area contributed by atoms with Crippen LogP contribution in [0.4, 0.5) is 0 Å². The topological polar surface area (TPSA) is 115 Å². The van der Waals surface area contributed by atoms with Crippen LogP contribution in [0, 0.1) is 58.7 Å². The summed E-state index contributed by atoms with van der Waals surface area (Å²) in [4.78, 5) is 36.7. The van der Waals surface area contributed by atoms with Crippen molar-refractivity contribution in [2.24, 2.45) is 58.7 Å². The molecule has 4 N–H and O–H groups in total. The van der Waals surface area contributed by atoms with E-state index in [4.69, 9.17) is 9.57 Å². The van der Waals surface area contributed by atoms with Gasteiger partial charge in [-0.25, -0.2) is 0 Å². The number of aliphatic hydroxyl groups is 1. The average molecular weight is 744 g/mol. The number of nitrogens with one attached hydrogen (secondary N) is 3. The van der Waals surface area contributed by atoms with E-state index in [1.54, 1.807) is 7.05 Å². The molecule has 10 heteroatoms. The quantitative estimate of drug-likeness (QED) is 0.191. The Bertz CT molecular complexity index is 1210. The maximum absolute atomic E-state index is 14.8. The summed E-state index contributed by atoms with van der Waals surface area (Å²) in [7, 11) is 7.88. The van der Waals surface area contributed by atoms with Crippen LogP contribution in [-0.4, -0.2) is 111 Å². The van der Waals surface area contributed by atoms with Gasteiger partial charge in [0.2, 0.25) is 11.8 Å². The molecule has 6 aliphatic carbocycles. The Kier molecular flexibility index (Phi) is 13.9. The highest BCUT2D eigenvalue weighted by atomic mass is 16.7. The highest BCUT2D eigenvalue weighted by Gasteiger charge is 2.58. The van der Waals surface area contributed by atoms with E-state index in [2.05, 4.69) is 62.6 Å². The molecule has 304 valence electrons. The first kappa shape index (κ1) is 41.3. The number of methoxy groups -OCH3 is 1. The van der Waals surface area contributed by atoms with E-state index in [-0.39, 0.29) is 54.4 Å². The van der Waals surface area contributed by atoms with Gasteiger partial charge < -0.3 is 30.7 Å². The molecule has 0 aromatic rings. The molecule has 1 saturated heterocycles. The van der Waals surface area contributed by atoms with Crippen LogP contribution in [0.25, 0.3) is 0 Å². The van der Waals surface area contributed by atoms with E-state index < -0.39 is 12.1 Å². The Hall–Kier alpha value is -1.30. The zero-order chi connectivity index (χ0) is 38.0. The molecule has 0 aromatic heterocycles. The molecule has 14 atom stereocenters. The van der Waals surface area contributed by atoms with Gasteiger partial charge in [-0.1, -0.05) is 59.3 Å². The van der Waals surface area contributed by atoms with Crippen LogP contribution < -0.4 is 16.0 Å². The lowest BCUT2D eigenvalue weighted by molar-refractivity contribution is -0.193. The minimum atomic E-state index is -0.494. The third-order valence-corrected chi connectivity index (χ3v) is 16.2. The van der Waals surface area contributed by atoms with Crippen LogP contribution in [0.1, 0.15) is 118 Å². The summed E-state index contributed by atoms with van der Waals surface area (Å²) in [5.74, 6) is 3.46. The molecule has 7 aliphatic rings. The Morgan fingerprint density at radius 1 is 1.00 bits per heavy atom. The van der Waals surface area contributed by atoms with Gasteiger partial charge in [-0.05, 0) is 120 Å². The highest BCUT2D eigenvalue weighted by Crippen LogP contribution is 2.61. The first-order valence-corrected chi connectivity index (χ1v) is 21.9. The molecule has 2 amide bonds. The van der Waals surface area contributed by atoms with Crippen LogP contribution in [-0.2, 0) is 19.2 Å². The molecule has 0 spiro atoms. The summed E-state index contributed by atoms with van der Waals surface area (Å²) in [6.45, 7) is 10.8. The summed E-state index contributed by atoms with van der Waals surface area (Å²) in [6, 6.07) is 0.0447. The van der Waals surface area contributed by atoms with Crippen LogP contribution in [0.15, 0.2) is 0 Å². The fourth-order valence-electron chi connectivity index (χ4n) is 12.8. The number of hydroxylamine groups is 2. The molecule has 6 saturated carbocycles. The van der Waals surface area contributed by atoms with Gasteiger partial charge in [0.25, 0.3) is 0 Å².